The summed E-state index contributed by atoms with van der Waals surface area (Å²) in [4.78, 5) is 0. The minimum atomic E-state index is -3.50. The number of nitrogens with two attached hydrogens (primary N) is 1. The van der Waals surface area contributed by atoms with Crippen molar-refractivity contribution in [3.63, 3.8) is 0 Å². The highest BCUT2D eigenvalue weighted by Gasteiger charge is 2.40. The number of halogens is 4. The van der Waals surface area contributed by atoms with Gasteiger partial charge in [0.25, 0.3) is 5.92 Å². The summed E-state index contributed by atoms with van der Waals surface area (Å²) in [6.07, 6.45) is 0. The van der Waals surface area contributed by atoms with Crippen LogP contribution in [0.15, 0.2) is 21.1 Å². The number of aromatic hydroxyl groups is 1. The molecule has 1 aromatic carbocycles. The fourth-order valence-corrected chi connectivity index (χ4v) is 2.07. The lowest BCUT2D eigenvalue weighted by atomic mass is 10.0. The van der Waals surface area contributed by atoms with E-state index in [0.717, 1.165) is 0 Å². The molecule has 1 atom stereocenters. The lowest BCUT2D eigenvalue weighted by Gasteiger charge is -2.23. The van der Waals surface area contributed by atoms with E-state index in [4.69, 9.17) is 10.8 Å². The third kappa shape index (κ3) is 2.53. The topological polar surface area (TPSA) is 66.5 Å². The molecule has 16 heavy (non-hydrogen) atoms. The summed E-state index contributed by atoms with van der Waals surface area (Å²) in [7, 11) is 0. The first-order valence-electron chi connectivity index (χ1n) is 4.22. The lowest BCUT2D eigenvalue weighted by Crippen LogP contribution is -2.36. The lowest BCUT2D eigenvalue weighted by molar-refractivity contribution is -0.0717. The summed E-state index contributed by atoms with van der Waals surface area (Å²) in [5.41, 5.74) is 5.19. The monoisotopic (exact) mass is 359 g/mol. The summed E-state index contributed by atoms with van der Waals surface area (Å²) >= 11 is 6.03. The molecule has 0 aliphatic rings. The molecule has 1 aromatic rings. The zero-order valence-corrected chi connectivity index (χ0v) is 11.1. The molecule has 0 saturated carbocycles. The molecule has 0 radical (unpaired) electrons. The Kier molecular flexibility index (Phi) is 4.28. The fraction of sp³-hybridized carbons (Fsp3) is 0.333. The van der Waals surface area contributed by atoms with Crippen LogP contribution in [0.5, 0.6) is 5.75 Å². The van der Waals surface area contributed by atoms with E-state index in [1.54, 1.807) is 0 Å². The molecule has 3 nitrogen and oxygen atoms in total. The smallest absolute Gasteiger partial charge is 0.289 e. The van der Waals surface area contributed by atoms with Gasteiger partial charge >= 0.3 is 0 Å². The largest absolute Gasteiger partial charge is 0.506 e. The predicted octanol–water partition coefficient (Wildman–Crippen LogP) is 2.54. The maximum atomic E-state index is 13.2. The number of alkyl halides is 2. The van der Waals surface area contributed by atoms with Crippen LogP contribution in [0, 0.1) is 0 Å². The van der Waals surface area contributed by atoms with Gasteiger partial charge in [-0.15, -0.1) is 0 Å². The Morgan fingerprint density at radius 3 is 2.31 bits per heavy atom. The molecule has 7 heteroatoms. The molecule has 0 saturated heterocycles. The van der Waals surface area contributed by atoms with E-state index in [2.05, 4.69) is 31.9 Å². The number of rotatable bonds is 3. The molecule has 0 amide bonds. The summed E-state index contributed by atoms with van der Waals surface area (Å²) in [6.45, 7) is -1.38. The van der Waals surface area contributed by atoms with Gasteiger partial charge in [-0.05, 0) is 28.1 Å². The Balaban J connectivity index is 3.28. The van der Waals surface area contributed by atoms with Crippen LogP contribution in [0.1, 0.15) is 11.6 Å². The van der Waals surface area contributed by atoms with Crippen LogP contribution in [-0.4, -0.2) is 22.7 Å². The Bertz CT molecular complexity index is 401. The number of phenolic OH excluding ortho intramolecular Hbond substituents is 1. The minimum Gasteiger partial charge on any atom is -0.506 e. The van der Waals surface area contributed by atoms with Crippen molar-refractivity contribution in [1.82, 2.24) is 0 Å². The van der Waals surface area contributed by atoms with E-state index in [-0.39, 0.29) is 20.3 Å². The van der Waals surface area contributed by atoms with Crippen molar-refractivity contribution in [3.8, 4) is 5.75 Å². The molecule has 0 fully saturated rings. The van der Waals surface area contributed by atoms with Gasteiger partial charge in [0.05, 0.1) is 4.47 Å². The second-order valence-electron chi connectivity index (χ2n) is 3.19. The third-order valence-electron chi connectivity index (χ3n) is 2.09. The van der Waals surface area contributed by atoms with Gasteiger partial charge in [0.2, 0.25) is 0 Å². The maximum absolute atomic E-state index is 13.2. The van der Waals surface area contributed by atoms with Crippen molar-refractivity contribution < 1.29 is 19.0 Å². The summed E-state index contributed by atoms with van der Waals surface area (Å²) in [5, 5.41) is 18.2. The molecule has 0 aromatic heterocycles. The summed E-state index contributed by atoms with van der Waals surface area (Å²) in [6, 6.07) is 1.18. The minimum absolute atomic E-state index is 0.145. The zero-order chi connectivity index (χ0) is 12.5. The Labute approximate surface area is 108 Å². The molecular weight excluding hydrogens is 352 g/mol. The van der Waals surface area contributed by atoms with Crippen molar-refractivity contribution >= 4 is 31.9 Å². The van der Waals surface area contributed by atoms with Crippen molar-refractivity contribution in [2.75, 3.05) is 6.61 Å². The van der Waals surface area contributed by atoms with E-state index in [0.29, 0.717) is 0 Å². The zero-order valence-electron chi connectivity index (χ0n) is 7.92. The van der Waals surface area contributed by atoms with Gasteiger partial charge in [0, 0.05) is 10.0 Å². The molecule has 1 rings (SSSR count). The second-order valence-corrected chi connectivity index (χ2v) is 4.90. The first-order valence-corrected chi connectivity index (χ1v) is 5.81. The third-order valence-corrected chi connectivity index (χ3v) is 3.42. The normalized spacial score (nSPS) is 13.9. The summed E-state index contributed by atoms with van der Waals surface area (Å²) in [5.74, 6) is -3.86. The Morgan fingerprint density at radius 2 is 1.81 bits per heavy atom. The summed E-state index contributed by atoms with van der Waals surface area (Å²) < 4.78 is 26.9. The number of aliphatic hydroxyl groups is 1. The van der Waals surface area contributed by atoms with Gasteiger partial charge in [0.1, 0.15) is 18.4 Å². The van der Waals surface area contributed by atoms with E-state index in [9.17, 15) is 13.9 Å². The first kappa shape index (κ1) is 13.8. The van der Waals surface area contributed by atoms with Gasteiger partial charge < -0.3 is 15.9 Å². The first-order chi connectivity index (χ1) is 7.31. The number of phenols is 1. The average Bonchev–Trinajstić information content (AvgIpc) is 2.24. The standard InChI is InChI=1S/C9H9Br2F2NO2/c10-4-1-2-5(11)7(16)6(4)8(14)9(12,13)3-15/h1-2,8,15-16H,3,14H2/t8-/m0/s1. The van der Waals surface area contributed by atoms with Gasteiger partial charge in [-0.1, -0.05) is 15.9 Å². The number of benzene rings is 1. The van der Waals surface area contributed by atoms with Crippen molar-refractivity contribution in [2.45, 2.75) is 12.0 Å². The van der Waals surface area contributed by atoms with Crippen LogP contribution in [0.2, 0.25) is 0 Å². The van der Waals surface area contributed by atoms with E-state index >= 15 is 0 Å². The number of hydrogen-bond donors (Lipinski definition) is 3. The van der Waals surface area contributed by atoms with Crippen LogP contribution in [0.4, 0.5) is 8.78 Å². The van der Waals surface area contributed by atoms with Crippen molar-refractivity contribution in [1.29, 1.82) is 0 Å². The molecule has 90 valence electrons. The van der Waals surface area contributed by atoms with Crippen LogP contribution >= 0.6 is 31.9 Å². The van der Waals surface area contributed by atoms with Crippen LogP contribution in [0.25, 0.3) is 0 Å². The molecule has 0 aliphatic carbocycles. The van der Waals surface area contributed by atoms with Crippen LogP contribution in [0.3, 0.4) is 0 Å². The quantitative estimate of drug-likeness (QED) is 0.776. The van der Waals surface area contributed by atoms with Crippen molar-refractivity contribution in [2.24, 2.45) is 5.73 Å². The Hall–Kier alpha value is -0.240. The molecule has 0 spiro atoms. The Morgan fingerprint density at radius 1 is 1.31 bits per heavy atom. The van der Waals surface area contributed by atoms with Gasteiger partial charge in [-0.2, -0.15) is 0 Å². The van der Waals surface area contributed by atoms with E-state index < -0.39 is 18.6 Å². The van der Waals surface area contributed by atoms with Gasteiger partial charge in [-0.25, -0.2) is 8.78 Å². The van der Waals surface area contributed by atoms with Crippen molar-refractivity contribution in [3.05, 3.63) is 26.6 Å². The highest BCUT2D eigenvalue weighted by molar-refractivity contribution is 9.11. The number of aliphatic hydroxyl groups excluding tert-OH is 1. The maximum Gasteiger partial charge on any atom is 0.289 e. The molecule has 0 aliphatic heterocycles. The van der Waals surface area contributed by atoms with E-state index in [1.165, 1.54) is 12.1 Å². The number of hydrogen-bond acceptors (Lipinski definition) is 3. The van der Waals surface area contributed by atoms with Crippen LogP contribution < -0.4 is 5.73 Å². The molecule has 4 N–H and O–H groups in total. The second kappa shape index (κ2) is 4.95. The van der Waals surface area contributed by atoms with E-state index in [1.807, 2.05) is 0 Å². The SMILES string of the molecule is N[C@@H](c1c(Br)ccc(Br)c1O)C(F)(F)CO. The average molecular weight is 361 g/mol. The van der Waals surface area contributed by atoms with Gasteiger partial charge in [-0.3, -0.25) is 0 Å². The molecule has 0 heterocycles. The molecule has 0 bridgehead atoms. The predicted molar refractivity (Wildman–Crippen MR) is 62.5 cm³/mol. The highest BCUT2D eigenvalue weighted by atomic mass is 79.9. The molecule has 0 unspecified atom stereocenters. The highest BCUT2D eigenvalue weighted by Crippen LogP contribution is 2.41. The fourth-order valence-electron chi connectivity index (χ4n) is 1.16. The van der Waals surface area contributed by atoms with Gasteiger partial charge in [0.15, 0.2) is 0 Å². The molecular formula is C9H9Br2F2NO2. The van der Waals surface area contributed by atoms with Crippen LogP contribution in [-0.2, 0) is 0 Å².